The van der Waals surface area contributed by atoms with E-state index in [0.29, 0.717) is 33.0 Å². The van der Waals surface area contributed by atoms with E-state index in [4.69, 9.17) is 9.94 Å². The Morgan fingerprint density at radius 2 is 1.84 bits per heavy atom. The summed E-state index contributed by atoms with van der Waals surface area (Å²) in [6.07, 6.45) is 2.39. The van der Waals surface area contributed by atoms with Gasteiger partial charge in [-0.25, -0.2) is 10.3 Å². The number of carbonyl (C=O) groups excluding carboxylic acids is 2. The first-order chi connectivity index (χ1) is 15.0. The number of amides is 2. The maximum absolute atomic E-state index is 12.7. The van der Waals surface area contributed by atoms with Crippen LogP contribution in [-0.2, 0) is 9.53 Å². The number of hydroxylamine groups is 1. The molecular formula is C23H26Br2N2O5. The molecule has 0 unspecified atom stereocenters. The summed E-state index contributed by atoms with van der Waals surface area (Å²) in [5.41, 5.74) is 3.01. The Labute approximate surface area is 204 Å². The quantitative estimate of drug-likeness (QED) is 0.167. The zero-order chi connectivity index (χ0) is 23.9. The van der Waals surface area contributed by atoms with E-state index in [9.17, 15) is 14.7 Å². The number of phenols is 1. The number of aromatic hydroxyl groups is 1. The van der Waals surface area contributed by atoms with Crippen LogP contribution < -0.4 is 10.8 Å². The Morgan fingerprint density at radius 3 is 2.47 bits per heavy atom. The van der Waals surface area contributed by atoms with Gasteiger partial charge < -0.3 is 9.84 Å². The van der Waals surface area contributed by atoms with Crippen molar-refractivity contribution in [3.8, 4) is 5.75 Å². The smallest absolute Gasteiger partial charge is 0.412 e. The number of ether oxygens (including phenoxy) is 1. The largest absolute Gasteiger partial charge is 0.506 e. The van der Waals surface area contributed by atoms with Gasteiger partial charge in [-0.1, -0.05) is 53.5 Å². The van der Waals surface area contributed by atoms with Crippen LogP contribution in [0.3, 0.4) is 0 Å². The SMILES string of the molecule is Cc1ccc(NC(=O)O[C@@H](c2cc(Br)cc(Br)c2O)C(C)(C)CC/C=C/C(=O)NO)cc1. The Bertz CT molecular complexity index is 991. The fourth-order valence-electron chi connectivity index (χ4n) is 3.14. The summed E-state index contributed by atoms with van der Waals surface area (Å²) in [5.74, 6) is -0.647. The van der Waals surface area contributed by atoms with Crippen molar-refractivity contribution in [2.45, 2.75) is 39.7 Å². The third-order valence-corrected chi connectivity index (χ3v) is 5.97. The molecular weight excluding hydrogens is 544 g/mol. The number of hydrogen-bond donors (Lipinski definition) is 4. The summed E-state index contributed by atoms with van der Waals surface area (Å²) < 4.78 is 7.00. The van der Waals surface area contributed by atoms with E-state index in [0.717, 1.165) is 5.56 Å². The van der Waals surface area contributed by atoms with Crippen molar-refractivity contribution >= 4 is 49.5 Å². The maximum atomic E-state index is 12.7. The van der Waals surface area contributed by atoms with Crippen molar-refractivity contribution in [1.29, 1.82) is 0 Å². The van der Waals surface area contributed by atoms with Crippen LogP contribution in [0, 0.1) is 12.3 Å². The highest BCUT2D eigenvalue weighted by atomic mass is 79.9. The molecule has 0 bridgehead atoms. The van der Waals surface area contributed by atoms with Crippen molar-refractivity contribution in [2.75, 3.05) is 5.32 Å². The molecule has 9 heteroatoms. The average Bonchev–Trinajstić information content (AvgIpc) is 2.73. The monoisotopic (exact) mass is 568 g/mol. The van der Waals surface area contributed by atoms with Gasteiger partial charge >= 0.3 is 6.09 Å². The number of halogens is 2. The first kappa shape index (κ1) is 25.9. The molecule has 1 atom stereocenters. The molecule has 0 heterocycles. The molecule has 2 aromatic carbocycles. The zero-order valence-corrected chi connectivity index (χ0v) is 21.2. The summed E-state index contributed by atoms with van der Waals surface area (Å²) in [7, 11) is 0. The second-order valence-electron chi connectivity index (χ2n) is 8.01. The van der Waals surface area contributed by atoms with Gasteiger partial charge in [0.25, 0.3) is 5.91 Å². The van der Waals surface area contributed by atoms with Crippen molar-refractivity contribution in [2.24, 2.45) is 5.41 Å². The number of hydrogen-bond acceptors (Lipinski definition) is 5. The number of anilines is 1. The molecule has 7 nitrogen and oxygen atoms in total. The fraction of sp³-hybridized carbons (Fsp3) is 0.304. The molecule has 0 saturated heterocycles. The van der Waals surface area contributed by atoms with Gasteiger partial charge in [-0.2, -0.15) is 0 Å². The van der Waals surface area contributed by atoms with Crippen LogP contribution in [0.25, 0.3) is 0 Å². The van der Waals surface area contributed by atoms with Gasteiger partial charge in [0.05, 0.1) is 4.47 Å². The number of allylic oxidation sites excluding steroid dienone is 1. The van der Waals surface area contributed by atoms with Gasteiger partial charge in [0.2, 0.25) is 0 Å². The number of nitrogens with one attached hydrogen (secondary N) is 2. The molecule has 172 valence electrons. The number of phenolic OH excluding ortho intramolecular Hbond substituents is 1. The lowest BCUT2D eigenvalue weighted by Gasteiger charge is -2.34. The van der Waals surface area contributed by atoms with Gasteiger partial charge in [-0.15, -0.1) is 0 Å². The third-order valence-electron chi connectivity index (χ3n) is 4.91. The van der Waals surface area contributed by atoms with Crippen LogP contribution in [0.4, 0.5) is 10.5 Å². The van der Waals surface area contributed by atoms with Crippen LogP contribution in [0.15, 0.2) is 57.5 Å². The van der Waals surface area contributed by atoms with Gasteiger partial charge in [-0.05, 0) is 60.0 Å². The molecule has 0 saturated carbocycles. The maximum Gasteiger partial charge on any atom is 0.412 e. The summed E-state index contributed by atoms with van der Waals surface area (Å²) in [6, 6.07) is 10.7. The first-order valence-electron chi connectivity index (χ1n) is 9.86. The van der Waals surface area contributed by atoms with Gasteiger partial charge in [-0.3, -0.25) is 15.3 Å². The van der Waals surface area contributed by atoms with Crippen molar-refractivity contribution in [3.05, 3.63) is 68.6 Å². The van der Waals surface area contributed by atoms with E-state index in [1.807, 2.05) is 32.9 Å². The third kappa shape index (κ3) is 7.36. The molecule has 2 rings (SSSR count). The molecule has 0 radical (unpaired) electrons. The van der Waals surface area contributed by atoms with E-state index in [1.165, 1.54) is 11.6 Å². The summed E-state index contributed by atoms with van der Waals surface area (Å²) >= 11 is 6.75. The summed E-state index contributed by atoms with van der Waals surface area (Å²) in [6.45, 7) is 5.77. The van der Waals surface area contributed by atoms with Crippen molar-refractivity contribution in [3.63, 3.8) is 0 Å². The number of carbonyl (C=O) groups is 2. The Balaban J connectivity index is 2.30. The molecule has 0 aromatic heterocycles. The summed E-state index contributed by atoms with van der Waals surface area (Å²) in [5, 5.41) is 22.0. The number of rotatable bonds is 8. The minimum atomic E-state index is -0.804. The first-order valence-corrected chi connectivity index (χ1v) is 11.4. The van der Waals surface area contributed by atoms with E-state index < -0.39 is 23.5 Å². The van der Waals surface area contributed by atoms with Gasteiger partial charge in [0, 0.05) is 27.2 Å². The fourth-order valence-corrected chi connectivity index (χ4v) is 4.39. The lowest BCUT2D eigenvalue weighted by molar-refractivity contribution is -0.124. The molecule has 0 aliphatic carbocycles. The topological polar surface area (TPSA) is 108 Å². The van der Waals surface area contributed by atoms with Gasteiger partial charge in [0.15, 0.2) is 0 Å². The normalized spacial score (nSPS) is 12.4. The number of aryl methyl sites for hydroxylation is 1. The molecule has 0 spiro atoms. The van der Waals surface area contributed by atoms with Crippen molar-refractivity contribution < 1.29 is 24.6 Å². The Hall–Kier alpha value is -2.36. The molecule has 32 heavy (non-hydrogen) atoms. The molecule has 2 amide bonds. The van der Waals surface area contributed by atoms with E-state index in [1.54, 1.807) is 30.3 Å². The standard InChI is InChI=1S/C23H26Br2N2O5/c1-14-7-9-16(10-8-14)26-22(30)32-21(17-12-15(24)13-18(25)20(17)29)23(2,3)11-5-4-6-19(28)27-31/h4,6-10,12-13,21,29,31H,5,11H2,1-3H3,(H,26,30)(H,27,28)/b6-4+/t21-/m0/s1. The molecule has 0 aliphatic heterocycles. The Kier molecular flexibility index (Phi) is 9.30. The van der Waals surface area contributed by atoms with Crippen LogP contribution in [0.5, 0.6) is 5.75 Å². The minimum Gasteiger partial charge on any atom is -0.506 e. The highest BCUT2D eigenvalue weighted by Crippen LogP contribution is 2.46. The van der Waals surface area contributed by atoms with Gasteiger partial charge in [0.1, 0.15) is 11.9 Å². The van der Waals surface area contributed by atoms with Crippen LogP contribution in [0.1, 0.15) is 43.9 Å². The van der Waals surface area contributed by atoms with Crippen LogP contribution in [-0.4, -0.2) is 22.3 Å². The van der Waals surface area contributed by atoms with E-state index >= 15 is 0 Å². The second-order valence-corrected chi connectivity index (χ2v) is 9.78. The zero-order valence-electron chi connectivity index (χ0n) is 18.0. The van der Waals surface area contributed by atoms with E-state index in [2.05, 4.69) is 37.2 Å². The summed E-state index contributed by atoms with van der Waals surface area (Å²) in [4.78, 5) is 23.9. The minimum absolute atomic E-state index is 0.0235. The predicted octanol–water partition coefficient (Wildman–Crippen LogP) is 6.38. The average molecular weight is 570 g/mol. The predicted molar refractivity (Wildman–Crippen MR) is 130 cm³/mol. The lowest BCUT2D eigenvalue weighted by atomic mass is 9.78. The highest BCUT2D eigenvalue weighted by Gasteiger charge is 2.36. The Morgan fingerprint density at radius 1 is 1.19 bits per heavy atom. The highest BCUT2D eigenvalue weighted by molar-refractivity contribution is 9.11. The number of benzene rings is 2. The molecule has 0 fully saturated rings. The van der Waals surface area contributed by atoms with Crippen LogP contribution >= 0.6 is 31.9 Å². The second kappa shape index (κ2) is 11.5. The lowest BCUT2D eigenvalue weighted by Crippen LogP contribution is -2.29. The molecule has 0 aliphatic rings. The van der Waals surface area contributed by atoms with Crippen molar-refractivity contribution in [1.82, 2.24) is 5.48 Å². The van der Waals surface area contributed by atoms with E-state index in [-0.39, 0.29) is 5.75 Å². The molecule has 4 N–H and O–H groups in total. The molecule has 2 aromatic rings. The van der Waals surface area contributed by atoms with Crippen LogP contribution in [0.2, 0.25) is 0 Å².